The molecule has 3 N–H and O–H groups in total. The summed E-state index contributed by atoms with van der Waals surface area (Å²) in [7, 11) is 0. The standard InChI is InChI=1S/C14H20N4O3/c1-2-17-7-5-11(6-8-17)16-12-4-3-10(14(15)19)9-13(12)18(20)21/h3-4,9,11,16H,2,5-8H2,1H3,(H2,15,19). The molecule has 1 fully saturated rings. The summed E-state index contributed by atoms with van der Waals surface area (Å²) in [6.45, 7) is 5.13. The van der Waals surface area contributed by atoms with Crippen LogP contribution in [-0.2, 0) is 0 Å². The van der Waals surface area contributed by atoms with Crippen molar-refractivity contribution in [2.24, 2.45) is 5.73 Å². The fourth-order valence-corrected chi connectivity index (χ4v) is 2.57. The van der Waals surface area contributed by atoms with Gasteiger partial charge in [0, 0.05) is 30.8 Å². The maximum Gasteiger partial charge on any atom is 0.293 e. The molecule has 0 radical (unpaired) electrons. The molecule has 2 rings (SSSR count). The third-order valence-electron chi connectivity index (χ3n) is 3.87. The van der Waals surface area contributed by atoms with Crippen molar-refractivity contribution >= 4 is 17.3 Å². The molecule has 0 aromatic heterocycles. The van der Waals surface area contributed by atoms with Gasteiger partial charge < -0.3 is 16.0 Å². The molecule has 0 bridgehead atoms. The van der Waals surface area contributed by atoms with E-state index in [1.54, 1.807) is 6.07 Å². The molecule has 1 aromatic carbocycles. The Morgan fingerprint density at radius 1 is 1.48 bits per heavy atom. The Bertz CT molecular complexity index is 539. The van der Waals surface area contributed by atoms with Crippen LogP contribution in [-0.4, -0.2) is 41.4 Å². The van der Waals surface area contributed by atoms with Gasteiger partial charge >= 0.3 is 0 Å². The molecule has 7 nitrogen and oxygen atoms in total. The van der Waals surface area contributed by atoms with Crippen LogP contribution in [0.1, 0.15) is 30.1 Å². The molecule has 21 heavy (non-hydrogen) atoms. The smallest absolute Gasteiger partial charge is 0.293 e. The summed E-state index contributed by atoms with van der Waals surface area (Å²) in [6, 6.07) is 4.51. The Morgan fingerprint density at radius 2 is 2.14 bits per heavy atom. The number of hydrogen-bond acceptors (Lipinski definition) is 5. The van der Waals surface area contributed by atoms with Gasteiger partial charge in [-0.3, -0.25) is 14.9 Å². The molecule has 114 valence electrons. The minimum atomic E-state index is -0.666. The number of rotatable bonds is 5. The number of nitro groups is 1. The zero-order valence-corrected chi connectivity index (χ0v) is 12.0. The lowest BCUT2D eigenvalue weighted by molar-refractivity contribution is -0.384. The summed E-state index contributed by atoms with van der Waals surface area (Å²) in [4.78, 5) is 24.1. The summed E-state index contributed by atoms with van der Waals surface area (Å²) in [5, 5.41) is 14.4. The minimum absolute atomic E-state index is 0.107. The number of anilines is 1. The molecular weight excluding hydrogens is 272 g/mol. The van der Waals surface area contributed by atoms with Crippen molar-refractivity contribution in [2.75, 3.05) is 25.0 Å². The predicted octanol–water partition coefficient (Wildman–Crippen LogP) is 1.59. The number of nitro benzene ring substituents is 1. The van der Waals surface area contributed by atoms with Crippen molar-refractivity contribution in [3.63, 3.8) is 0 Å². The number of piperidine rings is 1. The number of carbonyl (C=O) groups excluding carboxylic acids is 1. The first-order valence-corrected chi connectivity index (χ1v) is 7.08. The highest BCUT2D eigenvalue weighted by molar-refractivity contribution is 5.94. The number of amides is 1. The van der Waals surface area contributed by atoms with Gasteiger partial charge in [-0.25, -0.2) is 0 Å². The lowest BCUT2D eigenvalue weighted by Crippen LogP contribution is -2.38. The van der Waals surface area contributed by atoms with Crippen LogP contribution in [0.25, 0.3) is 0 Å². The maximum atomic E-state index is 11.1. The minimum Gasteiger partial charge on any atom is -0.377 e. The molecule has 0 aliphatic carbocycles. The lowest BCUT2D eigenvalue weighted by Gasteiger charge is -2.31. The van der Waals surface area contributed by atoms with Crippen molar-refractivity contribution in [3.8, 4) is 0 Å². The van der Waals surface area contributed by atoms with Gasteiger partial charge in [-0.1, -0.05) is 6.92 Å². The molecule has 0 saturated carbocycles. The third kappa shape index (κ3) is 3.69. The van der Waals surface area contributed by atoms with Gasteiger partial charge in [0.15, 0.2) is 0 Å². The van der Waals surface area contributed by atoms with Gasteiger partial charge in [0.25, 0.3) is 5.69 Å². The lowest BCUT2D eigenvalue weighted by atomic mass is 10.0. The van der Waals surface area contributed by atoms with Crippen LogP contribution in [0.4, 0.5) is 11.4 Å². The maximum absolute atomic E-state index is 11.1. The number of nitrogens with one attached hydrogen (secondary N) is 1. The Labute approximate surface area is 123 Å². The van der Waals surface area contributed by atoms with E-state index in [1.807, 2.05) is 0 Å². The average molecular weight is 292 g/mol. The normalized spacial score (nSPS) is 16.6. The van der Waals surface area contributed by atoms with Crippen LogP contribution in [0.5, 0.6) is 0 Å². The fraction of sp³-hybridized carbons (Fsp3) is 0.500. The van der Waals surface area contributed by atoms with Crippen LogP contribution in [0.2, 0.25) is 0 Å². The molecule has 1 heterocycles. The van der Waals surface area contributed by atoms with Crippen LogP contribution in [0, 0.1) is 10.1 Å². The number of primary amides is 1. The fourth-order valence-electron chi connectivity index (χ4n) is 2.57. The summed E-state index contributed by atoms with van der Waals surface area (Å²) in [5.41, 5.74) is 5.64. The highest BCUT2D eigenvalue weighted by Crippen LogP contribution is 2.27. The molecule has 1 aliphatic heterocycles. The van der Waals surface area contributed by atoms with Crippen LogP contribution >= 0.6 is 0 Å². The van der Waals surface area contributed by atoms with Crippen LogP contribution in [0.3, 0.4) is 0 Å². The van der Waals surface area contributed by atoms with Crippen molar-refractivity contribution in [2.45, 2.75) is 25.8 Å². The van der Waals surface area contributed by atoms with E-state index in [2.05, 4.69) is 17.1 Å². The SMILES string of the molecule is CCN1CCC(Nc2ccc(C(N)=O)cc2[N+](=O)[O-])CC1. The molecule has 1 amide bonds. The monoisotopic (exact) mass is 292 g/mol. The zero-order valence-electron chi connectivity index (χ0n) is 12.0. The zero-order chi connectivity index (χ0) is 15.4. The van der Waals surface area contributed by atoms with E-state index in [1.165, 1.54) is 12.1 Å². The van der Waals surface area contributed by atoms with Crippen molar-refractivity contribution in [1.82, 2.24) is 4.90 Å². The van der Waals surface area contributed by atoms with Gasteiger partial charge in [-0.2, -0.15) is 0 Å². The second-order valence-corrected chi connectivity index (χ2v) is 5.21. The van der Waals surface area contributed by atoms with Crippen LogP contribution < -0.4 is 11.1 Å². The second kappa shape index (κ2) is 6.53. The van der Waals surface area contributed by atoms with Crippen molar-refractivity contribution in [3.05, 3.63) is 33.9 Å². The van der Waals surface area contributed by atoms with E-state index in [0.29, 0.717) is 5.69 Å². The Hall–Kier alpha value is -2.15. The number of hydrogen-bond donors (Lipinski definition) is 2. The molecular formula is C14H20N4O3. The number of likely N-dealkylation sites (tertiary alicyclic amines) is 1. The first kappa shape index (κ1) is 15.2. The Morgan fingerprint density at radius 3 is 2.67 bits per heavy atom. The summed E-state index contributed by atoms with van der Waals surface area (Å²) < 4.78 is 0. The molecule has 1 saturated heterocycles. The van der Waals surface area contributed by atoms with Crippen LogP contribution in [0.15, 0.2) is 18.2 Å². The average Bonchev–Trinajstić information content (AvgIpc) is 2.48. The van der Waals surface area contributed by atoms with E-state index in [0.717, 1.165) is 32.5 Å². The van der Waals surface area contributed by atoms with E-state index in [-0.39, 0.29) is 17.3 Å². The third-order valence-corrected chi connectivity index (χ3v) is 3.87. The molecule has 0 unspecified atom stereocenters. The molecule has 1 aliphatic rings. The molecule has 0 spiro atoms. The Kier molecular flexibility index (Phi) is 4.74. The van der Waals surface area contributed by atoms with Gasteiger partial charge in [-0.15, -0.1) is 0 Å². The predicted molar refractivity (Wildman–Crippen MR) is 80.4 cm³/mol. The second-order valence-electron chi connectivity index (χ2n) is 5.21. The van der Waals surface area contributed by atoms with E-state index < -0.39 is 10.8 Å². The summed E-state index contributed by atoms with van der Waals surface area (Å²) in [6.07, 6.45) is 1.89. The quantitative estimate of drug-likeness (QED) is 0.634. The van der Waals surface area contributed by atoms with E-state index in [9.17, 15) is 14.9 Å². The van der Waals surface area contributed by atoms with Gasteiger partial charge in [0.05, 0.1) is 4.92 Å². The number of nitrogens with zero attached hydrogens (tertiary/aromatic N) is 2. The Balaban J connectivity index is 2.13. The van der Waals surface area contributed by atoms with Gasteiger partial charge in [0.1, 0.15) is 5.69 Å². The number of carbonyl (C=O) groups is 1. The largest absolute Gasteiger partial charge is 0.377 e. The molecule has 7 heteroatoms. The van der Waals surface area contributed by atoms with Crippen molar-refractivity contribution < 1.29 is 9.72 Å². The first-order chi connectivity index (χ1) is 10.0. The number of benzene rings is 1. The number of nitrogens with two attached hydrogens (primary N) is 1. The summed E-state index contributed by atoms with van der Waals surface area (Å²) in [5.74, 6) is -0.666. The topological polar surface area (TPSA) is 102 Å². The molecule has 1 aromatic rings. The molecule has 0 atom stereocenters. The van der Waals surface area contributed by atoms with Gasteiger partial charge in [-0.05, 0) is 31.5 Å². The summed E-state index contributed by atoms with van der Waals surface area (Å²) >= 11 is 0. The van der Waals surface area contributed by atoms with E-state index >= 15 is 0 Å². The highest BCUT2D eigenvalue weighted by atomic mass is 16.6. The van der Waals surface area contributed by atoms with Gasteiger partial charge in [0.2, 0.25) is 5.91 Å². The van der Waals surface area contributed by atoms with E-state index in [4.69, 9.17) is 5.73 Å². The van der Waals surface area contributed by atoms with Crippen molar-refractivity contribution in [1.29, 1.82) is 0 Å². The highest BCUT2D eigenvalue weighted by Gasteiger charge is 2.22. The first-order valence-electron chi connectivity index (χ1n) is 7.08.